The van der Waals surface area contributed by atoms with Gasteiger partial charge in [-0.1, -0.05) is 32.8 Å². The molecule has 0 heterocycles. The molecule has 0 fully saturated rings. The molecule has 0 radical (unpaired) electrons. The molecular formula is C10H18O2. The summed E-state index contributed by atoms with van der Waals surface area (Å²) in [6, 6.07) is 0. The van der Waals surface area contributed by atoms with Crippen molar-refractivity contribution in [3.63, 3.8) is 0 Å². The summed E-state index contributed by atoms with van der Waals surface area (Å²) in [5, 5.41) is 8.40. The van der Waals surface area contributed by atoms with E-state index in [9.17, 15) is 4.79 Å². The van der Waals surface area contributed by atoms with Crippen LogP contribution in [-0.4, -0.2) is 11.1 Å². The van der Waals surface area contributed by atoms with Crippen molar-refractivity contribution in [1.82, 2.24) is 0 Å². The third kappa shape index (κ3) is 5.96. The van der Waals surface area contributed by atoms with E-state index in [1.807, 2.05) is 0 Å². The number of carboxylic acid groups (broad SMARTS) is 1. The van der Waals surface area contributed by atoms with E-state index in [4.69, 9.17) is 5.11 Å². The molecule has 2 heteroatoms. The Morgan fingerprint density at radius 2 is 2.17 bits per heavy atom. The van der Waals surface area contributed by atoms with Crippen molar-refractivity contribution in [1.29, 1.82) is 0 Å². The van der Waals surface area contributed by atoms with E-state index < -0.39 is 5.97 Å². The Morgan fingerprint density at radius 3 is 2.58 bits per heavy atom. The van der Waals surface area contributed by atoms with Crippen molar-refractivity contribution in [3.8, 4) is 0 Å². The molecule has 0 aliphatic heterocycles. The fourth-order valence-electron chi connectivity index (χ4n) is 1.12. The zero-order valence-corrected chi connectivity index (χ0v) is 7.92. The lowest BCUT2D eigenvalue weighted by atomic mass is 9.99. The maximum absolute atomic E-state index is 10.2. The Bertz CT molecular complexity index is 150. The first-order valence-electron chi connectivity index (χ1n) is 4.61. The van der Waals surface area contributed by atoms with Crippen molar-refractivity contribution < 1.29 is 9.90 Å². The molecule has 0 saturated carbocycles. The van der Waals surface area contributed by atoms with E-state index >= 15 is 0 Å². The molecule has 1 N–H and O–H groups in total. The standard InChI is InChI=1S/C10H18O2/c1-3-5-6-9(4-2)7-8-10(11)12/h7-9H,3-6H2,1-2H3,(H,11,12)/b8-7+. The second kappa shape index (κ2) is 6.89. The van der Waals surface area contributed by atoms with Gasteiger partial charge in [0.1, 0.15) is 0 Å². The van der Waals surface area contributed by atoms with Crippen LogP contribution in [0.4, 0.5) is 0 Å². The van der Waals surface area contributed by atoms with Crippen LogP contribution in [0.25, 0.3) is 0 Å². The monoisotopic (exact) mass is 170 g/mol. The number of carbonyl (C=O) groups is 1. The number of allylic oxidation sites excluding steroid dienone is 1. The molecule has 0 aromatic carbocycles. The predicted molar refractivity (Wildman–Crippen MR) is 50.1 cm³/mol. The topological polar surface area (TPSA) is 37.3 Å². The number of hydrogen-bond donors (Lipinski definition) is 1. The van der Waals surface area contributed by atoms with Crippen LogP contribution >= 0.6 is 0 Å². The number of carboxylic acids is 1. The molecular weight excluding hydrogens is 152 g/mol. The van der Waals surface area contributed by atoms with Gasteiger partial charge in [-0.2, -0.15) is 0 Å². The summed E-state index contributed by atoms with van der Waals surface area (Å²) in [6.45, 7) is 4.24. The first kappa shape index (κ1) is 11.2. The first-order valence-corrected chi connectivity index (χ1v) is 4.61. The van der Waals surface area contributed by atoms with E-state index in [2.05, 4.69) is 13.8 Å². The number of hydrogen-bond acceptors (Lipinski definition) is 1. The second-order valence-electron chi connectivity index (χ2n) is 3.01. The average molecular weight is 170 g/mol. The van der Waals surface area contributed by atoms with Gasteiger partial charge in [0, 0.05) is 6.08 Å². The number of aliphatic carboxylic acids is 1. The van der Waals surface area contributed by atoms with Crippen molar-refractivity contribution in [2.75, 3.05) is 0 Å². The van der Waals surface area contributed by atoms with Crippen LogP contribution in [0.2, 0.25) is 0 Å². The van der Waals surface area contributed by atoms with Gasteiger partial charge in [-0.3, -0.25) is 0 Å². The van der Waals surface area contributed by atoms with Crippen molar-refractivity contribution in [2.45, 2.75) is 39.5 Å². The molecule has 1 unspecified atom stereocenters. The maximum atomic E-state index is 10.2. The second-order valence-corrected chi connectivity index (χ2v) is 3.01. The summed E-state index contributed by atoms with van der Waals surface area (Å²) in [6.07, 6.45) is 7.56. The van der Waals surface area contributed by atoms with Gasteiger partial charge >= 0.3 is 5.97 Å². The maximum Gasteiger partial charge on any atom is 0.327 e. The van der Waals surface area contributed by atoms with Crippen LogP contribution in [-0.2, 0) is 4.79 Å². The molecule has 0 amide bonds. The van der Waals surface area contributed by atoms with Crippen molar-refractivity contribution in [3.05, 3.63) is 12.2 Å². The molecule has 0 bridgehead atoms. The van der Waals surface area contributed by atoms with Crippen LogP contribution in [0.1, 0.15) is 39.5 Å². The Morgan fingerprint density at radius 1 is 1.50 bits per heavy atom. The molecule has 0 aromatic heterocycles. The first-order chi connectivity index (χ1) is 5.70. The Balaban J connectivity index is 3.73. The van der Waals surface area contributed by atoms with E-state index in [-0.39, 0.29) is 0 Å². The zero-order chi connectivity index (χ0) is 9.40. The fourth-order valence-corrected chi connectivity index (χ4v) is 1.12. The summed E-state index contributed by atoms with van der Waals surface area (Å²) in [4.78, 5) is 10.2. The Hall–Kier alpha value is -0.790. The highest BCUT2D eigenvalue weighted by atomic mass is 16.4. The SMILES string of the molecule is CCCCC(/C=C/C(=O)O)CC. The van der Waals surface area contributed by atoms with E-state index in [1.165, 1.54) is 18.9 Å². The lowest BCUT2D eigenvalue weighted by molar-refractivity contribution is -0.131. The molecule has 70 valence electrons. The van der Waals surface area contributed by atoms with Gasteiger partial charge < -0.3 is 5.11 Å². The van der Waals surface area contributed by atoms with Gasteiger partial charge in [0.05, 0.1) is 0 Å². The molecule has 0 spiro atoms. The Labute approximate surface area is 74.3 Å². The number of unbranched alkanes of at least 4 members (excludes halogenated alkanes) is 1. The quantitative estimate of drug-likeness (QED) is 0.622. The third-order valence-electron chi connectivity index (χ3n) is 1.96. The lowest BCUT2D eigenvalue weighted by Crippen LogP contribution is -1.96. The molecule has 0 rings (SSSR count). The van der Waals surface area contributed by atoms with Gasteiger partial charge in [0.2, 0.25) is 0 Å². The minimum absolute atomic E-state index is 0.445. The van der Waals surface area contributed by atoms with Crippen LogP contribution in [0, 0.1) is 5.92 Å². The zero-order valence-electron chi connectivity index (χ0n) is 7.92. The summed E-state index contributed by atoms with van der Waals surface area (Å²) < 4.78 is 0. The summed E-state index contributed by atoms with van der Waals surface area (Å²) in [5.41, 5.74) is 0. The highest BCUT2D eigenvalue weighted by Gasteiger charge is 2.00. The average Bonchev–Trinajstić information content (AvgIpc) is 2.05. The van der Waals surface area contributed by atoms with Gasteiger partial charge in [-0.05, 0) is 18.8 Å². The minimum Gasteiger partial charge on any atom is -0.478 e. The van der Waals surface area contributed by atoms with Crippen LogP contribution in [0.15, 0.2) is 12.2 Å². The molecule has 12 heavy (non-hydrogen) atoms. The Kier molecular flexibility index (Phi) is 6.44. The third-order valence-corrected chi connectivity index (χ3v) is 1.96. The number of rotatable bonds is 6. The summed E-state index contributed by atoms with van der Waals surface area (Å²) >= 11 is 0. The van der Waals surface area contributed by atoms with Crippen molar-refractivity contribution in [2.24, 2.45) is 5.92 Å². The normalized spacial score (nSPS) is 13.5. The predicted octanol–water partition coefficient (Wildman–Crippen LogP) is 2.84. The van der Waals surface area contributed by atoms with Gasteiger partial charge in [0.25, 0.3) is 0 Å². The largest absolute Gasteiger partial charge is 0.478 e. The fraction of sp³-hybridized carbons (Fsp3) is 0.700. The molecule has 1 atom stereocenters. The van der Waals surface area contributed by atoms with Crippen LogP contribution in [0.5, 0.6) is 0 Å². The minimum atomic E-state index is -0.843. The van der Waals surface area contributed by atoms with E-state index in [1.54, 1.807) is 6.08 Å². The van der Waals surface area contributed by atoms with Crippen molar-refractivity contribution >= 4 is 5.97 Å². The molecule has 0 aliphatic carbocycles. The smallest absolute Gasteiger partial charge is 0.327 e. The van der Waals surface area contributed by atoms with E-state index in [0.717, 1.165) is 12.8 Å². The van der Waals surface area contributed by atoms with Gasteiger partial charge in [0.15, 0.2) is 0 Å². The molecule has 0 aromatic rings. The highest BCUT2D eigenvalue weighted by Crippen LogP contribution is 2.13. The van der Waals surface area contributed by atoms with Gasteiger partial charge in [-0.15, -0.1) is 0 Å². The highest BCUT2D eigenvalue weighted by molar-refractivity contribution is 5.79. The lowest BCUT2D eigenvalue weighted by Gasteiger charge is -2.07. The van der Waals surface area contributed by atoms with Gasteiger partial charge in [-0.25, -0.2) is 4.79 Å². The summed E-state index contributed by atoms with van der Waals surface area (Å²) in [5.74, 6) is -0.397. The summed E-state index contributed by atoms with van der Waals surface area (Å²) in [7, 11) is 0. The van der Waals surface area contributed by atoms with Crippen LogP contribution in [0.3, 0.4) is 0 Å². The molecule has 0 saturated heterocycles. The van der Waals surface area contributed by atoms with E-state index in [0.29, 0.717) is 5.92 Å². The van der Waals surface area contributed by atoms with Crippen LogP contribution < -0.4 is 0 Å². The molecule has 0 aliphatic rings. The molecule has 2 nitrogen and oxygen atoms in total.